The third-order valence-corrected chi connectivity index (χ3v) is 4.81. The van der Waals surface area contributed by atoms with Crippen LogP contribution < -0.4 is 0 Å². The standard InChI is InChI=1S/C16H23NO4S/c1-16(2,20-3)10-15(19)17-6-7-21-11-12(17)9-13(18)14-5-4-8-22-14/h4-5,8,12H,6-7,9-11H2,1-3H3. The van der Waals surface area contributed by atoms with Gasteiger partial charge in [-0.05, 0) is 25.3 Å². The number of Topliss-reactive ketones (excluding diaryl/α,β-unsaturated/α-hetero) is 1. The SMILES string of the molecule is COC(C)(C)CC(=O)N1CCOCC1CC(=O)c1cccs1. The van der Waals surface area contributed by atoms with Crippen molar-refractivity contribution in [2.45, 2.75) is 38.3 Å². The van der Waals surface area contributed by atoms with Crippen molar-refractivity contribution in [2.75, 3.05) is 26.9 Å². The Labute approximate surface area is 135 Å². The summed E-state index contributed by atoms with van der Waals surface area (Å²) in [6.45, 7) is 5.23. The third kappa shape index (κ3) is 4.38. The molecule has 0 aromatic carbocycles. The molecule has 1 aliphatic heterocycles. The molecule has 0 aliphatic carbocycles. The first-order valence-electron chi connectivity index (χ1n) is 7.42. The van der Waals surface area contributed by atoms with Gasteiger partial charge in [-0.2, -0.15) is 0 Å². The molecule has 2 rings (SSSR count). The van der Waals surface area contributed by atoms with Gasteiger partial charge in [-0.1, -0.05) is 6.07 Å². The Hall–Kier alpha value is -1.24. The number of ether oxygens (including phenoxy) is 2. The van der Waals surface area contributed by atoms with Crippen molar-refractivity contribution in [1.29, 1.82) is 0 Å². The zero-order valence-corrected chi connectivity index (χ0v) is 14.1. The minimum Gasteiger partial charge on any atom is -0.378 e. The molecule has 2 heterocycles. The molecule has 22 heavy (non-hydrogen) atoms. The van der Waals surface area contributed by atoms with Crippen molar-refractivity contribution in [1.82, 2.24) is 4.90 Å². The number of nitrogens with zero attached hydrogens (tertiary/aromatic N) is 1. The number of hydrogen-bond donors (Lipinski definition) is 0. The number of amides is 1. The molecule has 1 unspecified atom stereocenters. The first-order valence-corrected chi connectivity index (χ1v) is 8.30. The summed E-state index contributed by atoms with van der Waals surface area (Å²) in [5.41, 5.74) is -0.502. The van der Waals surface area contributed by atoms with Gasteiger partial charge in [0.2, 0.25) is 5.91 Å². The summed E-state index contributed by atoms with van der Waals surface area (Å²) in [7, 11) is 1.60. The van der Waals surface area contributed by atoms with Crippen molar-refractivity contribution in [3.05, 3.63) is 22.4 Å². The van der Waals surface area contributed by atoms with Crippen molar-refractivity contribution in [3.63, 3.8) is 0 Å². The number of carbonyl (C=O) groups is 2. The second-order valence-electron chi connectivity index (χ2n) is 6.06. The lowest BCUT2D eigenvalue weighted by Gasteiger charge is -2.37. The van der Waals surface area contributed by atoms with Crippen LogP contribution in [0.1, 0.15) is 36.4 Å². The van der Waals surface area contributed by atoms with Crippen LogP contribution in [0, 0.1) is 0 Å². The Morgan fingerprint density at radius 2 is 2.27 bits per heavy atom. The maximum absolute atomic E-state index is 12.5. The topological polar surface area (TPSA) is 55.8 Å². The second kappa shape index (κ2) is 7.35. The largest absolute Gasteiger partial charge is 0.378 e. The Morgan fingerprint density at radius 3 is 2.91 bits per heavy atom. The van der Waals surface area contributed by atoms with Crippen molar-refractivity contribution in [3.8, 4) is 0 Å². The first kappa shape index (κ1) is 17.1. The number of morpholine rings is 1. The molecule has 1 aromatic rings. The van der Waals surface area contributed by atoms with Gasteiger partial charge in [0.1, 0.15) is 0 Å². The van der Waals surface area contributed by atoms with E-state index in [-0.39, 0.29) is 17.7 Å². The summed E-state index contributed by atoms with van der Waals surface area (Å²) in [5, 5.41) is 1.88. The monoisotopic (exact) mass is 325 g/mol. The van der Waals surface area contributed by atoms with E-state index in [1.807, 2.05) is 31.4 Å². The van der Waals surface area contributed by atoms with Crippen molar-refractivity contribution in [2.24, 2.45) is 0 Å². The highest BCUT2D eigenvalue weighted by molar-refractivity contribution is 7.12. The lowest BCUT2D eigenvalue weighted by Crippen LogP contribution is -2.51. The second-order valence-corrected chi connectivity index (χ2v) is 7.01. The van der Waals surface area contributed by atoms with Crippen LogP contribution in [0.4, 0.5) is 0 Å². The summed E-state index contributed by atoms with van der Waals surface area (Å²) in [5.74, 6) is 0.0773. The average molecular weight is 325 g/mol. The highest BCUT2D eigenvalue weighted by atomic mass is 32.1. The predicted molar refractivity (Wildman–Crippen MR) is 85.3 cm³/mol. The fourth-order valence-corrected chi connectivity index (χ4v) is 3.12. The van der Waals surface area contributed by atoms with E-state index in [9.17, 15) is 9.59 Å². The summed E-state index contributed by atoms with van der Waals surface area (Å²) in [6, 6.07) is 3.49. The molecule has 5 nitrogen and oxygen atoms in total. The molecule has 0 radical (unpaired) electrons. The van der Waals surface area contributed by atoms with E-state index in [0.717, 1.165) is 4.88 Å². The van der Waals surface area contributed by atoms with Crippen LogP contribution in [-0.4, -0.2) is 55.1 Å². The van der Waals surface area contributed by atoms with E-state index in [0.29, 0.717) is 32.6 Å². The maximum atomic E-state index is 12.5. The number of methoxy groups -OCH3 is 1. The van der Waals surface area contributed by atoms with Gasteiger partial charge < -0.3 is 14.4 Å². The van der Waals surface area contributed by atoms with E-state index < -0.39 is 5.60 Å². The molecular formula is C16H23NO4S. The van der Waals surface area contributed by atoms with Gasteiger partial charge in [0, 0.05) is 20.1 Å². The van der Waals surface area contributed by atoms with E-state index in [2.05, 4.69) is 0 Å². The van der Waals surface area contributed by atoms with Gasteiger partial charge in [0.25, 0.3) is 0 Å². The summed E-state index contributed by atoms with van der Waals surface area (Å²) >= 11 is 1.43. The minimum atomic E-state index is -0.502. The van der Waals surface area contributed by atoms with Crippen LogP contribution in [-0.2, 0) is 14.3 Å². The number of thiophene rings is 1. The zero-order chi connectivity index (χ0) is 16.2. The molecule has 1 amide bonds. The number of rotatable bonds is 6. The predicted octanol–water partition coefficient (Wildman–Crippen LogP) is 2.36. The average Bonchev–Trinajstić information content (AvgIpc) is 3.01. The van der Waals surface area contributed by atoms with Crippen molar-refractivity contribution >= 4 is 23.0 Å². The van der Waals surface area contributed by atoms with Gasteiger partial charge in [-0.15, -0.1) is 11.3 Å². The van der Waals surface area contributed by atoms with E-state index >= 15 is 0 Å². The molecule has 1 saturated heterocycles. The summed E-state index contributed by atoms with van der Waals surface area (Å²) in [4.78, 5) is 27.3. The molecule has 1 aliphatic rings. The van der Waals surface area contributed by atoms with Gasteiger partial charge in [-0.3, -0.25) is 9.59 Å². The zero-order valence-electron chi connectivity index (χ0n) is 13.3. The Balaban J connectivity index is 2.01. The maximum Gasteiger partial charge on any atom is 0.225 e. The molecule has 0 spiro atoms. The normalized spacial score (nSPS) is 19.2. The Bertz CT molecular complexity index is 512. The molecule has 0 bridgehead atoms. The molecule has 1 atom stereocenters. The summed E-state index contributed by atoms with van der Waals surface area (Å²) in [6.07, 6.45) is 0.604. The van der Waals surface area contributed by atoms with Gasteiger partial charge in [0.05, 0.1) is 36.2 Å². The Kier molecular flexibility index (Phi) is 5.72. The lowest BCUT2D eigenvalue weighted by atomic mass is 10.0. The fraction of sp³-hybridized carbons (Fsp3) is 0.625. The van der Waals surface area contributed by atoms with Gasteiger partial charge in [-0.25, -0.2) is 0 Å². The molecule has 0 N–H and O–H groups in total. The molecule has 1 fully saturated rings. The van der Waals surface area contributed by atoms with Crippen LogP contribution in [0.5, 0.6) is 0 Å². The summed E-state index contributed by atoms with van der Waals surface area (Å²) < 4.78 is 10.8. The quantitative estimate of drug-likeness (QED) is 0.754. The van der Waals surface area contributed by atoms with Crippen LogP contribution in [0.25, 0.3) is 0 Å². The third-order valence-electron chi connectivity index (χ3n) is 3.89. The highest BCUT2D eigenvalue weighted by Gasteiger charge is 2.32. The smallest absolute Gasteiger partial charge is 0.225 e. The molecule has 122 valence electrons. The molecule has 6 heteroatoms. The van der Waals surface area contributed by atoms with Crippen LogP contribution >= 0.6 is 11.3 Å². The molecular weight excluding hydrogens is 302 g/mol. The Morgan fingerprint density at radius 1 is 1.50 bits per heavy atom. The van der Waals surface area contributed by atoms with Crippen LogP contribution in [0.15, 0.2) is 17.5 Å². The number of carbonyl (C=O) groups excluding carboxylic acids is 2. The molecule has 1 aromatic heterocycles. The number of ketones is 1. The molecule has 0 saturated carbocycles. The highest BCUT2D eigenvalue weighted by Crippen LogP contribution is 2.21. The van der Waals surface area contributed by atoms with E-state index in [1.165, 1.54) is 11.3 Å². The minimum absolute atomic E-state index is 0.0131. The van der Waals surface area contributed by atoms with E-state index in [4.69, 9.17) is 9.47 Å². The number of hydrogen-bond acceptors (Lipinski definition) is 5. The fourth-order valence-electron chi connectivity index (χ4n) is 2.44. The van der Waals surface area contributed by atoms with Gasteiger partial charge in [0.15, 0.2) is 5.78 Å². The lowest BCUT2D eigenvalue weighted by molar-refractivity contribution is -0.144. The van der Waals surface area contributed by atoms with Crippen molar-refractivity contribution < 1.29 is 19.1 Å². The van der Waals surface area contributed by atoms with Crippen LogP contribution in [0.3, 0.4) is 0 Å². The van der Waals surface area contributed by atoms with Crippen LogP contribution in [0.2, 0.25) is 0 Å². The van der Waals surface area contributed by atoms with Gasteiger partial charge >= 0.3 is 0 Å². The van der Waals surface area contributed by atoms with E-state index in [1.54, 1.807) is 12.0 Å². The first-order chi connectivity index (χ1) is 10.4.